The second-order valence-corrected chi connectivity index (χ2v) is 7.46. The Morgan fingerprint density at radius 2 is 1.79 bits per heavy atom. The summed E-state index contributed by atoms with van der Waals surface area (Å²) in [6.07, 6.45) is -4.27. The molecule has 1 rings (SSSR count). The summed E-state index contributed by atoms with van der Waals surface area (Å²) in [5, 5.41) is 30.3. The molecule has 0 radical (unpaired) electrons. The molecule has 1 heterocycles. The van der Waals surface area contributed by atoms with Gasteiger partial charge in [-0.15, -0.1) is 23.5 Å². The summed E-state index contributed by atoms with van der Waals surface area (Å²) < 4.78 is 10.4. The molecule has 5 atom stereocenters. The zero-order chi connectivity index (χ0) is 14.4. The van der Waals surface area contributed by atoms with Gasteiger partial charge in [0.15, 0.2) is 6.29 Å². The molecule has 19 heavy (non-hydrogen) atoms. The minimum atomic E-state index is -1.12. The van der Waals surface area contributed by atoms with E-state index >= 15 is 0 Å². The van der Waals surface area contributed by atoms with Crippen molar-refractivity contribution in [1.29, 1.82) is 0 Å². The van der Waals surface area contributed by atoms with E-state index < -0.39 is 30.7 Å². The van der Waals surface area contributed by atoms with Crippen LogP contribution < -0.4 is 0 Å². The topological polar surface area (TPSA) is 79.2 Å². The third-order valence-corrected chi connectivity index (χ3v) is 5.55. The molecular formula is C12H24O5S2. The Morgan fingerprint density at radius 1 is 1.21 bits per heavy atom. The van der Waals surface area contributed by atoms with E-state index in [0.29, 0.717) is 0 Å². The van der Waals surface area contributed by atoms with Gasteiger partial charge >= 0.3 is 0 Å². The van der Waals surface area contributed by atoms with Gasteiger partial charge in [0.1, 0.15) is 24.4 Å². The molecule has 0 aromatic carbocycles. The van der Waals surface area contributed by atoms with E-state index in [1.807, 2.05) is 13.8 Å². The van der Waals surface area contributed by atoms with Crippen LogP contribution in [0.3, 0.4) is 0 Å². The van der Waals surface area contributed by atoms with Gasteiger partial charge in [-0.25, -0.2) is 0 Å². The molecule has 1 aliphatic rings. The van der Waals surface area contributed by atoms with Crippen LogP contribution in [0.2, 0.25) is 0 Å². The summed E-state index contributed by atoms with van der Waals surface area (Å²) in [6, 6.07) is 0. The molecule has 1 unspecified atom stereocenters. The summed E-state index contributed by atoms with van der Waals surface area (Å²) in [5.74, 6) is 1.71. The average Bonchev–Trinajstić information content (AvgIpc) is 2.39. The first-order chi connectivity index (χ1) is 9.01. The molecule has 3 N–H and O–H groups in total. The van der Waals surface area contributed by atoms with E-state index in [1.54, 1.807) is 30.4 Å². The maximum Gasteiger partial charge on any atom is 0.155 e. The molecule has 1 fully saturated rings. The van der Waals surface area contributed by atoms with Crippen LogP contribution in [0.5, 0.6) is 0 Å². The first-order valence-electron chi connectivity index (χ1n) is 6.55. The minimum absolute atomic E-state index is 0.113. The summed E-state index contributed by atoms with van der Waals surface area (Å²) in [5.41, 5.74) is 0. The number of aliphatic hydroxyl groups is 3. The first-order valence-corrected chi connectivity index (χ1v) is 8.65. The summed E-state index contributed by atoms with van der Waals surface area (Å²) in [7, 11) is 0. The van der Waals surface area contributed by atoms with Crippen LogP contribution in [0, 0.1) is 0 Å². The molecule has 0 aliphatic carbocycles. The lowest BCUT2D eigenvalue weighted by molar-refractivity contribution is -0.271. The summed E-state index contributed by atoms with van der Waals surface area (Å²) in [6.45, 7) is 5.84. The zero-order valence-corrected chi connectivity index (χ0v) is 13.2. The highest BCUT2D eigenvalue weighted by molar-refractivity contribution is 8.17. The van der Waals surface area contributed by atoms with E-state index in [1.165, 1.54) is 0 Å². The van der Waals surface area contributed by atoms with E-state index in [0.717, 1.165) is 11.5 Å². The molecule has 7 heteroatoms. The van der Waals surface area contributed by atoms with Gasteiger partial charge in [-0.2, -0.15) is 0 Å². The van der Waals surface area contributed by atoms with Crippen molar-refractivity contribution in [3.63, 3.8) is 0 Å². The van der Waals surface area contributed by atoms with Crippen molar-refractivity contribution >= 4 is 23.5 Å². The largest absolute Gasteiger partial charge is 0.388 e. The monoisotopic (exact) mass is 312 g/mol. The second-order valence-electron chi connectivity index (χ2n) is 4.33. The fourth-order valence-corrected chi connectivity index (χ4v) is 4.49. The molecular weight excluding hydrogens is 288 g/mol. The van der Waals surface area contributed by atoms with Crippen molar-refractivity contribution in [3.8, 4) is 0 Å². The van der Waals surface area contributed by atoms with Crippen molar-refractivity contribution < 1.29 is 24.8 Å². The molecule has 5 nitrogen and oxygen atoms in total. The molecule has 0 spiro atoms. The fraction of sp³-hybridized carbons (Fsp3) is 1.00. The Labute approximate surface area is 123 Å². The van der Waals surface area contributed by atoms with E-state index in [-0.39, 0.29) is 11.2 Å². The van der Waals surface area contributed by atoms with Crippen molar-refractivity contribution in [2.24, 2.45) is 0 Å². The second kappa shape index (κ2) is 8.71. The lowest BCUT2D eigenvalue weighted by Gasteiger charge is -2.38. The van der Waals surface area contributed by atoms with E-state index in [9.17, 15) is 15.3 Å². The number of hydrogen-bond donors (Lipinski definition) is 3. The highest BCUT2D eigenvalue weighted by Crippen LogP contribution is 2.30. The molecule has 0 aromatic rings. The van der Waals surface area contributed by atoms with E-state index in [2.05, 4.69) is 0 Å². The normalized spacial score (nSPS) is 31.4. The van der Waals surface area contributed by atoms with Crippen LogP contribution in [-0.4, -0.2) is 68.7 Å². The highest BCUT2D eigenvalue weighted by Gasteiger charge is 2.40. The molecule has 1 aliphatic heterocycles. The van der Waals surface area contributed by atoms with Crippen molar-refractivity contribution in [2.45, 2.75) is 56.1 Å². The van der Waals surface area contributed by atoms with Crippen molar-refractivity contribution in [3.05, 3.63) is 0 Å². The van der Waals surface area contributed by atoms with Crippen LogP contribution in [0.15, 0.2) is 0 Å². The van der Waals surface area contributed by atoms with Crippen LogP contribution in [0.1, 0.15) is 20.8 Å². The zero-order valence-electron chi connectivity index (χ0n) is 11.6. The maximum absolute atomic E-state index is 10.3. The Bertz CT molecular complexity index is 250. The minimum Gasteiger partial charge on any atom is -0.388 e. The van der Waals surface area contributed by atoms with Gasteiger partial charge in [-0.3, -0.25) is 0 Å². The van der Waals surface area contributed by atoms with Gasteiger partial charge in [0.25, 0.3) is 0 Å². The van der Waals surface area contributed by atoms with Crippen LogP contribution in [0.25, 0.3) is 0 Å². The van der Waals surface area contributed by atoms with Gasteiger partial charge in [-0.1, -0.05) is 13.8 Å². The molecule has 1 saturated heterocycles. The lowest BCUT2D eigenvalue weighted by Crippen LogP contribution is -2.54. The first kappa shape index (κ1) is 17.6. The standard InChI is InChI=1S/C12H24O5S2/c1-4-18-12(19-5-2)10(15)9(14)11-8(13)6-16-7(3)17-11/h7-15H,4-6H2,1-3H3/t7?,8-,9-,10+,11-/m1/s1. The molecule has 114 valence electrons. The maximum atomic E-state index is 10.3. The van der Waals surface area contributed by atoms with Crippen molar-refractivity contribution in [1.82, 2.24) is 0 Å². The van der Waals surface area contributed by atoms with Crippen LogP contribution in [-0.2, 0) is 9.47 Å². The van der Waals surface area contributed by atoms with Gasteiger partial charge < -0.3 is 24.8 Å². The smallest absolute Gasteiger partial charge is 0.155 e. The third-order valence-electron chi connectivity index (χ3n) is 2.86. The molecule has 0 amide bonds. The highest BCUT2D eigenvalue weighted by atomic mass is 32.2. The van der Waals surface area contributed by atoms with Crippen LogP contribution in [0.4, 0.5) is 0 Å². The average molecular weight is 312 g/mol. The van der Waals surface area contributed by atoms with Gasteiger partial charge in [0.2, 0.25) is 0 Å². The third kappa shape index (κ3) is 5.08. The Morgan fingerprint density at radius 3 is 2.32 bits per heavy atom. The Kier molecular flexibility index (Phi) is 8.05. The number of hydrogen-bond acceptors (Lipinski definition) is 7. The number of ether oxygens (including phenoxy) is 2. The predicted octanol–water partition coefficient (Wildman–Crippen LogP) is 0.663. The van der Waals surface area contributed by atoms with Crippen molar-refractivity contribution in [2.75, 3.05) is 18.1 Å². The summed E-state index contributed by atoms with van der Waals surface area (Å²) >= 11 is 3.18. The Hall–Kier alpha value is 0.500. The van der Waals surface area contributed by atoms with Gasteiger partial charge in [0, 0.05) is 0 Å². The number of thioether (sulfide) groups is 2. The summed E-state index contributed by atoms with van der Waals surface area (Å²) in [4.78, 5) is 0. The molecule has 0 bridgehead atoms. The number of rotatable bonds is 7. The quantitative estimate of drug-likeness (QED) is 0.596. The molecule has 0 aromatic heterocycles. The number of aliphatic hydroxyl groups excluding tert-OH is 3. The van der Waals surface area contributed by atoms with Crippen LogP contribution >= 0.6 is 23.5 Å². The van der Waals surface area contributed by atoms with Gasteiger partial charge in [-0.05, 0) is 18.4 Å². The SMILES string of the molecule is CCSC(SCC)[C@@H](O)[C@@H](O)[C@@H]1OC(C)OC[C@H]1O. The van der Waals surface area contributed by atoms with Gasteiger partial charge in [0.05, 0.1) is 11.2 Å². The Balaban J connectivity index is 2.64. The predicted molar refractivity (Wildman–Crippen MR) is 78.4 cm³/mol. The molecule has 0 saturated carbocycles. The van der Waals surface area contributed by atoms with E-state index in [4.69, 9.17) is 9.47 Å². The lowest BCUT2D eigenvalue weighted by atomic mass is 10.0. The fourth-order valence-electron chi connectivity index (χ4n) is 1.92.